The van der Waals surface area contributed by atoms with Gasteiger partial charge in [-0.2, -0.15) is 0 Å². The molecule has 1 atom stereocenters. The molecule has 1 unspecified atom stereocenters. The third kappa shape index (κ3) is 2.19. The summed E-state index contributed by atoms with van der Waals surface area (Å²) in [5.41, 5.74) is 2.09. The van der Waals surface area contributed by atoms with Crippen molar-refractivity contribution in [2.45, 2.75) is 12.3 Å². The Kier molecular flexibility index (Phi) is 3.53. The van der Waals surface area contributed by atoms with Gasteiger partial charge in [0.15, 0.2) is 0 Å². The molecule has 0 N–H and O–H groups in total. The van der Waals surface area contributed by atoms with E-state index in [2.05, 4.69) is 15.9 Å². The van der Waals surface area contributed by atoms with Crippen molar-refractivity contribution in [1.82, 2.24) is 4.57 Å². The maximum absolute atomic E-state index is 13.0. The molecule has 0 aliphatic carbocycles. The Morgan fingerprint density at radius 3 is 2.58 bits per heavy atom. The van der Waals surface area contributed by atoms with Crippen molar-refractivity contribution in [2.24, 2.45) is 7.05 Å². The molecule has 4 nitrogen and oxygen atoms in total. The molecule has 0 saturated heterocycles. The second-order valence-electron chi connectivity index (χ2n) is 5.88. The van der Waals surface area contributed by atoms with Gasteiger partial charge in [-0.3, -0.25) is 9.59 Å². The molecular formula is C19H14BrNO3. The summed E-state index contributed by atoms with van der Waals surface area (Å²) in [4.78, 5) is 25.2. The van der Waals surface area contributed by atoms with Crippen LogP contribution in [-0.4, -0.2) is 10.5 Å². The van der Waals surface area contributed by atoms with E-state index < -0.39 is 0 Å². The second kappa shape index (κ2) is 5.60. The van der Waals surface area contributed by atoms with E-state index >= 15 is 0 Å². The van der Waals surface area contributed by atoms with Crippen LogP contribution in [0.2, 0.25) is 0 Å². The number of hydrogen-bond acceptors (Lipinski definition) is 3. The standard InChI is InChI=1S/C19H14BrNO3/c1-21-15-9-5-3-7-12(15)18-17(19(21)23)13(10-16(22)24-18)11-6-2-4-8-14(11)20/h2-9,13H,10H2,1H3. The van der Waals surface area contributed by atoms with Crippen LogP contribution in [0.3, 0.4) is 0 Å². The van der Waals surface area contributed by atoms with Gasteiger partial charge < -0.3 is 9.30 Å². The van der Waals surface area contributed by atoms with Crippen LogP contribution in [0.15, 0.2) is 57.8 Å². The van der Waals surface area contributed by atoms with Gasteiger partial charge in [0, 0.05) is 22.8 Å². The van der Waals surface area contributed by atoms with Crippen molar-refractivity contribution in [3.05, 3.63) is 74.5 Å². The van der Waals surface area contributed by atoms with Crippen molar-refractivity contribution in [3.8, 4) is 5.75 Å². The predicted molar refractivity (Wildman–Crippen MR) is 95.4 cm³/mol. The molecule has 2 heterocycles. The topological polar surface area (TPSA) is 48.3 Å². The SMILES string of the molecule is Cn1c(=O)c2c(c3ccccc31)OC(=O)CC2c1ccccc1Br. The minimum absolute atomic E-state index is 0.128. The smallest absolute Gasteiger partial charge is 0.312 e. The van der Waals surface area contributed by atoms with E-state index in [9.17, 15) is 9.59 Å². The van der Waals surface area contributed by atoms with E-state index in [4.69, 9.17) is 4.74 Å². The zero-order chi connectivity index (χ0) is 16.8. The number of hydrogen-bond donors (Lipinski definition) is 0. The van der Waals surface area contributed by atoms with Crippen LogP contribution in [0, 0.1) is 0 Å². The van der Waals surface area contributed by atoms with E-state index in [1.807, 2.05) is 48.5 Å². The van der Waals surface area contributed by atoms with Crippen molar-refractivity contribution >= 4 is 32.8 Å². The molecule has 1 aromatic heterocycles. The lowest BCUT2D eigenvalue weighted by atomic mass is 9.86. The van der Waals surface area contributed by atoms with Gasteiger partial charge in [-0.05, 0) is 23.8 Å². The number of carbonyl (C=O) groups excluding carboxylic acids is 1. The van der Waals surface area contributed by atoms with Crippen molar-refractivity contribution < 1.29 is 9.53 Å². The van der Waals surface area contributed by atoms with Crippen LogP contribution >= 0.6 is 15.9 Å². The first kappa shape index (κ1) is 15.1. The molecular weight excluding hydrogens is 370 g/mol. The van der Waals surface area contributed by atoms with E-state index in [1.165, 1.54) is 0 Å². The molecule has 5 heteroatoms. The van der Waals surface area contributed by atoms with Crippen LogP contribution in [0.1, 0.15) is 23.5 Å². The number of aromatic nitrogens is 1. The van der Waals surface area contributed by atoms with Gasteiger partial charge in [0.25, 0.3) is 5.56 Å². The number of esters is 1. The largest absolute Gasteiger partial charge is 0.425 e. The third-order valence-corrected chi connectivity index (χ3v) is 5.23. The number of halogens is 1. The first-order valence-electron chi connectivity index (χ1n) is 7.64. The fraction of sp³-hybridized carbons (Fsp3) is 0.158. The Labute approximate surface area is 146 Å². The first-order chi connectivity index (χ1) is 11.6. The number of pyridine rings is 1. The number of nitrogens with zero attached hydrogens (tertiary/aromatic N) is 1. The maximum Gasteiger partial charge on any atom is 0.312 e. The van der Waals surface area contributed by atoms with E-state index in [-0.39, 0.29) is 23.9 Å². The number of carbonyl (C=O) groups is 1. The van der Waals surface area contributed by atoms with Crippen molar-refractivity contribution in [1.29, 1.82) is 0 Å². The van der Waals surface area contributed by atoms with Gasteiger partial charge in [-0.25, -0.2) is 0 Å². The summed E-state index contributed by atoms with van der Waals surface area (Å²) in [7, 11) is 1.75. The quantitative estimate of drug-likeness (QED) is 0.601. The highest BCUT2D eigenvalue weighted by atomic mass is 79.9. The van der Waals surface area contributed by atoms with Crippen LogP contribution in [0.25, 0.3) is 10.9 Å². The summed E-state index contributed by atoms with van der Waals surface area (Å²) < 4.78 is 8.01. The number of rotatable bonds is 1. The Balaban J connectivity index is 2.09. The van der Waals surface area contributed by atoms with Gasteiger partial charge in [0.1, 0.15) is 5.75 Å². The van der Waals surface area contributed by atoms with Gasteiger partial charge in [0.2, 0.25) is 0 Å². The van der Waals surface area contributed by atoms with E-state index in [0.717, 1.165) is 20.9 Å². The number of ether oxygens (including phenoxy) is 1. The number of para-hydroxylation sites is 1. The fourth-order valence-electron chi connectivity index (χ4n) is 3.36. The maximum atomic E-state index is 13.0. The zero-order valence-electron chi connectivity index (χ0n) is 13.0. The highest BCUT2D eigenvalue weighted by molar-refractivity contribution is 9.10. The first-order valence-corrected chi connectivity index (χ1v) is 8.44. The Morgan fingerprint density at radius 1 is 1.08 bits per heavy atom. The van der Waals surface area contributed by atoms with Crippen LogP contribution in [-0.2, 0) is 11.8 Å². The molecule has 24 heavy (non-hydrogen) atoms. The Bertz CT molecular complexity index is 1040. The summed E-state index contributed by atoms with van der Waals surface area (Å²) in [5.74, 6) is -0.243. The summed E-state index contributed by atoms with van der Waals surface area (Å²) in [6, 6.07) is 15.1. The molecule has 0 fully saturated rings. The minimum atomic E-state index is -0.319. The lowest BCUT2D eigenvalue weighted by molar-refractivity contribution is -0.135. The normalized spacial score (nSPS) is 16.8. The second-order valence-corrected chi connectivity index (χ2v) is 6.73. The van der Waals surface area contributed by atoms with Gasteiger partial charge >= 0.3 is 5.97 Å². The van der Waals surface area contributed by atoms with Gasteiger partial charge in [-0.15, -0.1) is 0 Å². The zero-order valence-corrected chi connectivity index (χ0v) is 14.5. The molecule has 0 bridgehead atoms. The molecule has 1 aliphatic heterocycles. The van der Waals surface area contributed by atoms with Gasteiger partial charge in [-0.1, -0.05) is 46.3 Å². The molecule has 4 rings (SSSR count). The van der Waals surface area contributed by atoms with Crippen molar-refractivity contribution in [2.75, 3.05) is 0 Å². The van der Waals surface area contributed by atoms with E-state index in [0.29, 0.717) is 11.3 Å². The molecule has 0 radical (unpaired) electrons. The molecule has 0 amide bonds. The summed E-state index contributed by atoms with van der Waals surface area (Å²) in [6.45, 7) is 0. The molecule has 120 valence electrons. The Morgan fingerprint density at radius 2 is 1.79 bits per heavy atom. The summed E-state index contributed by atoms with van der Waals surface area (Å²) >= 11 is 3.54. The average molecular weight is 384 g/mol. The fourth-order valence-corrected chi connectivity index (χ4v) is 3.92. The lowest BCUT2D eigenvalue weighted by Gasteiger charge is -2.26. The van der Waals surface area contributed by atoms with Crippen LogP contribution in [0.5, 0.6) is 5.75 Å². The highest BCUT2D eigenvalue weighted by Crippen LogP contribution is 2.42. The van der Waals surface area contributed by atoms with Crippen LogP contribution in [0.4, 0.5) is 0 Å². The average Bonchev–Trinajstić information content (AvgIpc) is 2.59. The molecule has 1 aliphatic rings. The third-order valence-electron chi connectivity index (χ3n) is 4.51. The van der Waals surface area contributed by atoms with Crippen molar-refractivity contribution in [3.63, 3.8) is 0 Å². The van der Waals surface area contributed by atoms with Crippen LogP contribution < -0.4 is 10.3 Å². The highest BCUT2D eigenvalue weighted by Gasteiger charge is 2.34. The lowest BCUT2D eigenvalue weighted by Crippen LogP contribution is -2.31. The summed E-state index contributed by atoms with van der Waals surface area (Å²) in [5, 5.41) is 0.778. The molecule has 0 spiro atoms. The monoisotopic (exact) mass is 383 g/mol. The molecule has 0 saturated carbocycles. The molecule has 3 aromatic rings. The number of aryl methyl sites for hydroxylation is 1. The Hall–Kier alpha value is -2.40. The number of benzene rings is 2. The van der Waals surface area contributed by atoms with E-state index in [1.54, 1.807) is 11.6 Å². The predicted octanol–water partition coefficient (Wildman–Crippen LogP) is 3.74. The number of fused-ring (bicyclic) bond motifs is 3. The summed E-state index contributed by atoms with van der Waals surface area (Å²) in [6.07, 6.45) is 0.156. The minimum Gasteiger partial charge on any atom is -0.425 e. The van der Waals surface area contributed by atoms with Gasteiger partial charge in [0.05, 0.1) is 17.5 Å². The molecule has 2 aromatic carbocycles.